The summed E-state index contributed by atoms with van der Waals surface area (Å²) in [5, 5.41) is 2.46. The zero-order valence-electron chi connectivity index (χ0n) is 28.3. The van der Waals surface area contributed by atoms with E-state index in [0.717, 1.165) is 17.1 Å². The van der Waals surface area contributed by atoms with Crippen molar-refractivity contribution in [3.63, 3.8) is 0 Å². The predicted molar refractivity (Wildman–Crippen MR) is 213 cm³/mol. The molecule has 0 unspecified atom stereocenters. The Balaban J connectivity index is 1.21. The Bertz CT molecular complexity index is 2480. The molecule has 1 nitrogen and oxygen atoms in total. The first-order valence-corrected chi connectivity index (χ1v) is 17.4. The number of nitrogens with zero attached hydrogens (tertiary/aromatic N) is 1. The van der Waals surface area contributed by atoms with E-state index in [4.69, 9.17) is 0 Å². The molecule has 1 aliphatic rings. The molecule has 8 aromatic carbocycles. The fraction of sp³-hybridized carbons (Fsp3) is 0.0612. The van der Waals surface area contributed by atoms with Crippen LogP contribution < -0.4 is 4.90 Å². The summed E-state index contributed by atoms with van der Waals surface area (Å²) in [6, 6.07) is 68.6. The molecule has 0 amide bonds. The highest BCUT2D eigenvalue weighted by atomic mass is 15.1. The zero-order valence-corrected chi connectivity index (χ0v) is 28.3. The van der Waals surface area contributed by atoms with Crippen LogP contribution in [0.3, 0.4) is 0 Å². The van der Waals surface area contributed by atoms with Crippen molar-refractivity contribution in [3.05, 3.63) is 199 Å². The molecule has 0 radical (unpaired) electrons. The normalized spacial score (nSPS) is 12.8. The molecule has 1 heteroatoms. The van der Waals surface area contributed by atoms with Crippen molar-refractivity contribution in [1.29, 1.82) is 0 Å². The van der Waals surface area contributed by atoms with Crippen molar-refractivity contribution in [1.82, 2.24) is 0 Å². The molecular weight excluding hydrogens is 603 g/mol. The third-order valence-electron chi connectivity index (χ3n) is 10.4. The summed E-state index contributed by atoms with van der Waals surface area (Å²) in [4.78, 5) is 2.44. The molecule has 0 aliphatic heterocycles. The number of benzene rings is 8. The van der Waals surface area contributed by atoms with Crippen LogP contribution in [-0.4, -0.2) is 0 Å². The maximum absolute atomic E-state index is 2.44. The van der Waals surface area contributed by atoms with Gasteiger partial charge < -0.3 is 4.90 Å². The van der Waals surface area contributed by atoms with Crippen molar-refractivity contribution in [2.75, 3.05) is 4.90 Å². The van der Waals surface area contributed by atoms with Crippen molar-refractivity contribution in [2.24, 2.45) is 0 Å². The Morgan fingerprint density at radius 2 is 0.920 bits per heavy atom. The highest BCUT2D eigenvalue weighted by Gasteiger charge is 2.37. The lowest BCUT2D eigenvalue weighted by Crippen LogP contribution is -2.17. The minimum atomic E-state index is -0.172. The fourth-order valence-corrected chi connectivity index (χ4v) is 7.89. The molecule has 0 fully saturated rings. The first kappa shape index (κ1) is 29.9. The summed E-state index contributed by atoms with van der Waals surface area (Å²) in [6.45, 7) is 4.75. The number of fused-ring (bicyclic) bond motifs is 4. The van der Waals surface area contributed by atoms with E-state index in [9.17, 15) is 0 Å². The van der Waals surface area contributed by atoms with Crippen LogP contribution in [0.4, 0.5) is 17.1 Å². The molecule has 0 aromatic heterocycles. The lowest BCUT2D eigenvalue weighted by Gasteiger charge is -2.30. The van der Waals surface area contributed by atoms with Gasteiger partial charge in [0, 0.05) is 22.4 Å². The summed E-state index contributed by atoms with van der Waals surface area (Å²) >= 11 is 0. The molecule has 238 valence electrons. The van der Waals surface area contributed by atoms with Crippen LogP contribution >= 0.6 is 0 Å². The molecule has 9 rings (SSSR count). The van der Waals surface area contributed by atoms with E-state index in [-0.39, 0.29) is 5.41 Å². The first-order valence-electron chi connectivity index (χ1n) is 17.4. The SMILES string of the molecule is CC1(C)c2cc(N(c3ccccc3)c3cc4ccccc4cc3-c3ccccc3)ccc2-c2c(-c3ccc(-c4ccccc4)cc3)cccc21. The van der Waals surface area contributed by atoms with Crippen molar-refractivity contribution < 1.29 is 0 Å². The lowest BCUT2D eigenvalue weighted by molar-refractivity contribution is 0.660. The van der Waals surface area contributed by atoms with Crippen LogP contribution in [0.2, 0.25) is 0 Å². The molecular formula is C49H37N. The number of hydrogen-bond acceptors (Lipinski definition) is 1. The minimum absolute atomic E-state index is 0.172. The Kier molecular flexibility index (Phi) is 7.21. The average molecular weight is 640 g/mol. The monoisotopic (exact) mass is 639 g/mol. The maximum Gasteiger partial charge on any atom is 0.0546 e. The van der Waals surface area contributed by atoms with Gasteiger partial charge in [0.1, 0.15) is 0 Å². The predicted octanol–water partition coefficient (Wildman–Crippen LogP) is 13.6. The second kappa shape index (κ2) is 12.1. The van der Waals surface area contributed by atoms with Crippen molar-refractivity contribution in [3.8, 4) is 44.5 Å². The number of anilines is 3. The Hall–Kier alpha value is -6.18. The zero-order chi connectivity index (χ0) is 33.7. The molecule has 8 aromatic rings. The Labute approximate surface area is 294 Å². The van der Waals surface area contributed by atoms with Crippen LogP contribution in [0.5, 0.6) is 0 Å². The maximum atomic E-state index is 2.44. The smallest absolute Gasteiger partial charge is 0.0546 e. The van der Waals surface area contributed by atoms with Gasteiger partial charge in [-0.3, -0.25) is 0 Å². The summed E-state index contributed by atoms with van der Waals surface area (Å²) < 4.78 is 0. The molecule has 0 N–H and O–H groups in total. The van der Waals surface area contributed by atoms with Gasteiger partial charge >= 0.3 is 0 Å². The fourth-order valence-electron chi connectivity index (χ4n) is 7.89. The minimum Gasteiger partial charge on any atom is -0.310 e. The molecule has 0 saturated heterocycles. The Morgan fingerprint density at radius 3 is 1.62 bits per heavy atom. The van der Waals surface area contributed by atoms with Gasteiger partial charge in [-0.15, -0.1) is 0 Å². The van der Waals surface area contributed by atoms with E-state index >= 15 is 0 Å². The van der Waals surface area contributed by atoms with Crippen LogP contribution in [0, 0.1) is 0 Å². The van der Waals surface area contributed by atoms with Gasteiger partial charge in [0.05, 0.1) is 5.69 Å². The van der Waals surface area contributed by atoms with Gasteiger partial charge in [-0.1, -0.05) is 166 Å². The Morgan fingerprint density at radius 1 is 0.360 bits per heavy atom. The average Bonchev–Trinajstić information content (AvgIpc) is 3.41. The van der Waals surface area contributed by atoms with Crippen molar-refractivity contribution in [2.45, 2.75) is 19.3 Å². The summed E-state index contributed by atoms with van der Waals surface area (Å²) in [5.41, 5.74) is 16.0. The molecule has 0 bridgehead atoms. The van der Waals surface area contributed by atoms with E-state index in [1.807, 2.05) is 0 Å². The molecule has 0 saturated carbocycles. The van der Waals surface area contributed by atoms with Gasteiger partial charge in [-0.2, -0.15) is 0 Å². The van der Waals surface area contributed by atoms with E-state index < -0.39 is 0 Å². The quantitative estimate of drug-likeness (QED) is 0.175. The molecule has 1 aliphatic carbocycles. The second-order valence-electron chi connectivity index (χ2n) is 13.8. The van der Waals surface area contributed by atoms with Gasteiger partial charge in [-0.05, 0) is 97.2 Å². The van der Waals surface area contributed by atoms with Crippen LogP contribution in [-0.2, 0) is 5.41 Å². The third kappa shape index (κ3) is 5.02. The lowest BCUT2D eigenvalue weighted by atomic mass is 9.81. The molecule has 0 heterocycles. The van der Waals surface area contributed by atoms with Gasteiger partial charge in [0.15, 0.2) is 0 Å². The number of para-hydroxylation sites is 1. The number of hydrogen-bond donors (Lipinski definition) is 0. The molecule has 0 spiro atoms. The van der Waals surface area contributed by atoms with E-state index in [0.29, 0.717) is 0 Å². The third-order valence-corrected chi connectivity index (χ3v) is 10.4. The number of rotatable bonds is 6. The molecule has 0 atom stereocenters. The topological polar surface area (TPSA) is 3.24 Å². The summed E-state index contributed by atoms with van der Waals surface area (Å²) in [7, 11) is 0. The standard InChI is InChI=1S/C49H37N/c1-49(2)45-24-14-23-42(37-27-25-35(26-28-37)34-15-6-3-7-16-34)48(45)43-30-29-41(33-46(43)49)50(40-21-10-5-11-22-40)47-32-39-20-13-12-19-38(39)31-44(47)36-17-8-4-9-18-36/h3-33H,1-2H3. The van der Waals surface area contributed by atoms with Crippen LogP contribution in [0.25, 0.3) is 55.3 Å². The van der Waals surface area contributed by atoms with Crippen molar-refractivity contribution >= 4 is 27.8 Å². The largest absolute Gasteiger partial charge is 0.310 e. The van der Waals surface area contributed by atoms with E-state index in [1.54, 1.807) is 0 Å². The second-order valence-corrected chi connectivity index (χ2v) is 13.8. The first-order chi connectivity index (χ1) is 24.6. The molecule has 50 heavy (non-hydrogen) atoms. The van der Waals surface area contributed by atoms with E-state index in [2.05, 4.69) is 207 Å². The summed E-state index contributed by atoms with van der Waals surface area (Å²) in [5.74, 6) is 0. The highest BCUT2D eigenvalue weighted by molar-refractivity contribution is 5.99. The van der Waals surface area contributed by atoms with Gasteiger partial charge in [0.2, 0.25) is 0 Å². The van der Waals surface area contributed by atoms with Crippen LogP contribution in [0.1, 0.15) is 25.0 Å². The van der Waals surface area contributed by atoms with Gasteiger partial charge in [-0.25, -0.2) is 0 Å². The van der Waals surface area contributed by atoms with Crippen LogP contribution in [0.15, 0.2) is 188 Å². The van der Waals surface area contributed by atoms with Gasteiger partial charge in [0.25, 0.3) is 0 Å². The van der Waals surface area contributed by atoms with E-state index in [1.165, 1.54) is 66.4 Å². The summed E-state index contributed by atoms with van der Waals surface area (Å²) in [6.07, 6.45) is 0. The highest BCUT2D eigenvalue weighted by Crippen LogP contribution is 2.54.